The monoisotopic (exact) mass is 353 g/mol. The fourth-order valence-electron chi connectivity index (χ4n) is 2.77. The van der Waals surface area contributed by atoms with Crippen LogP contribution >= 0.6 is 0 Å². The SMILES string of the molecule is Cc1ccc(C(=O)OCC(=O)Nc2c(C(C)C)cccc2C(C)C)cc1. The smallest absolute Gasteiger partial charge is 0.338 e. The third-order valence-electron chi connectivity index (χ3n) is 4.26. The number of hydrogen-bond acceptors (Lipinski definition) is 3. The van der Waals surface area contributed by atoms with Gasteiger partial charge in [-0.2, -0.15) is 0 Å². The molecule has 0 heterocycles. The van der Waals surface area contributed by atoms with Crippen molar-refractivity contribution >= 4 is 17.6 Å². The molecule has 0 fully saturated rings. The summed E-state index contributed by atoms with van der Waals surface area (Å²) < 4.78 is 5.15. The lowest BCUT2D eigenvalue weighted by atomic mass is 9.92. The molecule has 0 atom stereocenters. The molecule has 2 rings (SSSR count). The Morgan fingerprint density at radius 3 is 1.96 bits per heavy atom. The quantitative estimate of drug-likeness (QED) is 0.740. The molecule has 0 bridgehead atoms. The minimum absolute atomic E-state index is 0.277. The second-order valence-corrected chi connectivity index (χ2v) is 7.11. The van der Waals surface area contributed by atoms with Gasteiger partial charge < -0.3 is 10.1 Å². The van der Waals surface area contributed by atoms with Crippen LogP contribution in [0.5, 0.6) is 0 Å². The van der Waals surface area contributed by atoms with Gasteiger partial charge in [0, 0.05) is 5.69 Å². The highest BCUT2D eigenvalue weighted by molar-refractivity contribution is 5.96. The van der Waals surface area contributed by atoms with E-state index < -0.39 is 5.97 Å². The van der Waals surface area contributed by atoms with E-state index in [0.29, 0.717) is 5.56 Å². The first kappa shape index (κ1) is 19.7. The van der Waals surface area contributed by atoms with Gasteiger partial charge in [-0.25, -0.2) is 4.79 Å². The van der Waals surface area contributed by atoms with Gasteiger partial charge in [0.15, 0.2) is 6.61 Å². The second-order valence-electron chi connectivity index (χ2n) is 7.11. The molecule has 2 aromatic carbocycles. The number of hydrogen-bond donors (Lipinski definition) is 1. The van der Waals surface area contributed by atoms with Gasteiger partial charge in [-0.3, -0.25) is 4.79 Å². The Kier molecular flexibility index (Phi) is 6.56. The summed E-state index contributed by atoms with van der Waals surface area (Å²) in [5.74, 6) is -0.278. The van der Waals surface area contributed by atoms with Crippen molar-refractivity contribution in [3.63, 3.8) is 0 Å². The van der Waals surface area contributed by atoms with Crippen LogP contribution in [0.1, 0.15) is 66.6 Å². The minimum atomic E-state index is -0.499. The van der Waals surface area contributed by atoms with Gasteiger partial charge in [-0.05, 0) is 42.0 Å². The van der Waals surface area contributed by atoms with Crippen molar-refractivity contribution in [2.75, 3.05) is 11.9 Å². The van der Waals surface area contributed by atoms with Crippen LogP contribution in [0.2, 0.25) is 0 Å². The molecule has 0 aliphatic carbocycles. The van der Waals surface area contributed by atoms with E-state index in [1.807, 2.05) is 37.3 Å². The van der Waals surface area contributed by atoms with Crippen molar-refractivity contribution in [2.24, 2.45) is 0 Å². The number of para-hydroxylation sites is 1. The van der Waals surface area contributed by atoms with Crippen LogP contribution in [0, 0.1) is 6.92 Å². The predicted octanol–water partition coefficient (Wildman–Crippen LogP) is 5.04. The molecule has 26 heavy (non-hydrogen) atoms. The topological polar surface area (TPSA) is 55.4 Å². The Morgan fingerprint density at radius 1 is 0.923 bits per heavy atom. The van der Waals surface area contributed by atoms with E-state index in [-0.39, 0.29) is 24.3 Å². The standard InChI is InChI=1S/C22H27NO3/c1-14(2)18-7-6-8-19(15(3)4)21(18)23-20(24)13-26-22(25)17-11-9-16(5)10-12-17/h6-12,14-15H,13H2,1-5H3,(H,23,24). The van der Waals surface area contributed by atoms with Crippen LogP contribution in [-0.2, 0) is 9.53 Å². The number of nitrogens with one attached hydrogen (secondary N) is 1. The van der Waals surface area contributed by atoms with Gasteiger partial charge >= 0.3 is 5.97 Å². The van der Waals surface area contributed by atoms with Crippen LogP contribution in [0.25, 0.3) is 0 Å². The Balaban J connectivity index is 2.08. The Bertz CT molecular complexity index is 750. The molecule has 4 nitrogen and oxygen atoms in total. The molecule has 0 aliphatic rings. The summed E-state index contributed by atoms with van der Waals surface area (Å²) in [5.41, 5.74) is 4.48. The van der Waals surface area contributed by atoms with E-state index in [1.54, 1.807) is 12.1 Å². The number of amides is 1. The van der Waals surface area contributed by atoms with Gasteiger partial charge in [0.1, 0.15) is 0 Å². The van der Waals surface area contributed by atoms with Gasteiger partial charge in [-0.15, -0.1) is 0 Å². The molecule has 0 spiro atoms. The molecule has 2 aromatic rings. The molecule has 0 saturated carbocycles. The molecular formula is C22H27NO3. The maximum absolute atomic E-state index is 12.4. The van der Waals surface area contributed by atoms with E-state index in [2.05, 4.69) is 33.0 Å². The highest BCUT2D eigenvalue weighted by Crippen LogP contribution is 2.32. The predicted molar refractivity (Wildman–Crippen MR) is 105 cm³/mol. The summed E-state index contributed by atoms with van der Waals surface area (Å²) in [6, 6.07) is 13.1. The second kappa shape index (κ2) is 8.65. The Morgan fingerprint density at radius 2 is 1.46 bits per heavy atom. The number of aryl methyl sites for hydroxylation is 1. The molecule has 0 unspecified atom stereocenters. The van der Waals surface area contributed by atoms with Crippen LogP contribution in [-0.4, -0.2) is 18.5 Å². The summed E-state index contributed by atoms with van der Waals surface area (Å²) in [4.78, 5) is 24.4. The summed E-state index contributed by atoms with van der Waals surface area (Å²) in [7, 11) is 0. The average Bonchev–Trinajstić information content (AvgIpc) is 2.60. The van der Waals surface area contributed by atoms with Gasteiger partial charge in [0.2, 0.25) is 0 Å². The fraction of sp³-hybridized carbons (Fsp3) is 0.364. The molecular weight excluding hydrogens is 326 g/mol. The molecule has 0 radical (unpaired) electrons. The first-order chi connectivity index (χ1) is 12.3. The summed E-state index contributed by atoms with van der Waals surface area (Å²) >= 11 is 0. The van der Waals surface area contributed by atoms with E-state index in [0.717, 1.165) is 22.4 Å². The molecule has 4 heteroatoms. The van der Waals surface area contributed by atoms with Crippen LogP contribution < -0.4 is 5.32 Å². The summed E-state index contributed by atoms with van der Waals surface area (Å²) in [6.45, 7) is 10.00. The van der Waals surface area contributed by atoms with E-state index in [9.17, 15) is 9.59 Å². The van der Waals surface area contributed by atoms with Crippen molar-refractivity contribution in [2.45, 2.75) is 46.5 Å². The zero-order chi connectivity index (χ0) is 19.3. The summed E-state index contributed by atoms with van der Waals surface area (Å²) in [6.07, 6.45) is 0. The molecule has 0 aromatic heterocycles. The molecule has 1 N–H and O–H groups in total. The van der Waals surface area contributed by atoms with Crippen LogP contribution in [0.4, 0.5) is 5.69 Å². The van der Waals surface area contributed by atoms with Crippen LogP contribution in [0.3, 0.4) is 0 Å². The van der Waals surface area contributed by atoms with E-state index >= 15 is 0 Å². The van der Waals surface area contributed by atoms with Crippen molar-refractivity contribution in [1.29, 1.82) is 0 Å². The zero-order valence-corrected chi connectivity index (χ0v) is 16.1. The van der Waals surface area contributed by atoms with Crippen molar-refractivity contribution in [1.82, 2.24) is 0 Å². The highest BCUT2D eigenvalue weighted by Gasteiger charge is 2.17. The third-order valence-corrected chi connectivity index (χ3v) is 4.26. The van der Waals surface area contributed by atoms with E-state index in [1.165, 1.54) is 0 Å². The number of anilines is 1. The van der Waals surface area contributed by atoms with Gasteiger partial charge in [-0.1, -0.05) is 63.6 Å². The van der Waals surface area contributed by atoms with Gasteiger partial charge in [0.25, 0.3) is 5.91 Å². The average molecular weight is 353 g/mol. The highest BCUT2D eigenvalue weighted by atomic mass is 16.5. The van der Waals surface area contributed by atoms with E-state index in [4.69, 9.17) is 4.74 Å². The lowest BCUT2D eigenvalue weighted by Crippen LogP contribution is -2.22. The summed E-state index contributed by atoms with van der Waals surface area (Å²) in [5, 5.41) is 2.94. The van der Waals surface area contributed by atoms with Crippen molar-refractivity contribution < 1.29 is 14.3 Å². The maximum Gasteiger partial charge on any atom is 0.338 e. The number of rotatable bonds is 6. The van der Waals surface area contributed by atoms with Gasteiger partial charge in [0.05, 0.1) is 5.56 Å². The Hall–Kier alpha value is -2.62. The van der Waals surface area contributed by atoms with Crippen molar-refractivity contribution in [3.05, 3.63) is 64.7 Å². The lowest BCUT2D eigenvalue weighted by molar-refractivity contribution is -0.119. The third kappa shape index (κ3) is 4.94. The first-order valence-corrected chi connectivity index (χ1v) is 8.96. The number of carbonyl (C=O) groups is 2. The molecule has 0 saturated heterocycles. The Labute approximate surface area is 155 Å². The van der Waals surface area contributed by atoms with Crippen molar-refractivity contribution in [3.8, 4) is 0 Å². The first-order valence-electron chi connectivity index (χ1n) is 8.96. The molecule has 0 aliphatic heterocycles. The number of carbonyl (C=O) groups excluding carboxylic acids is 2. The molecule has 138 valence electrons. The minimum Gasteiger partial charge on any atom is -0.452 e. The van der Waals surface area contributed by atoms with Crippen LogP contribution in [0.15, 0.2) is 42.5 Å². The lowest BCUT2D eigenvalue weighted by Gasteiger charge is -2.20. The number of ether oxygens (including phenoxy) is 1. The normalized spacial score (nSPS) is 10.9. The number of benzene rings is 2. The molecule has 1 amide bonds. The number of esters is 1. The largest absolute Gasteiger partial charge is 0.452 e. The zero-order valence-electron chi connectivity index (χ0n) is 16.1. The fourth-order valence-corrected chi connectivity index (χ4v) is 2.77. The maximum atomic E-state index is 12.4.